The first-order chi connectivity index (χ1) is 11.3. The molecule has 0 saturated heterocycles. The number of sulfonamides is 1. The van der Waals surface area contributed by atoms with Crippen molar-refractivity contribution in [2.24, 2.45) is 5.14 Å². The SMILES string of the molecule is Cc1c(NC(=O)Nc2ccc(S(N)(=O)=O)cc2)oc2ccccc12. The summed E-state index contributed by atoms with van der Waals surface area (Å²) in [7, 11) is -3.76. The number of hydrogen-bond acceptors (Lipinski definition) is 4. The lowest BCUT2D eigenvalue weighted by Gasteiger charge is -2.07. The van der Waals surface area contributed by atoms with Crippen molar-refractivity contribution in [1.29, 1.82) is 0 Å². The lowest BCUT2D eigenvalue weighted by molar-refractivity contribution is 0.261. The van der Waals surface area contributed by atoms with Gasteiger partial charge in [-0.05, 0) is 37.3 Å². The molecule has 3 aromatic rings. The summed E-state index contributed by atoms with van der Waals surface area (Å²) in [4.78, 5) is 12.0. The van der Waals surface area contributed by atoms with Gasteiger partial charge in [-0.25, -0.2) is 18.4 Å². The van der Waals surface area contributed by atoms with Gasteiger partial charge in [-0.15, -0.1) is 0 Å². The van der Waals surface area contributed by atoms with Gasteiger partial charge in [0.2, 0.25) is 15.9 Å². The number of para-hydroxylation sites is 1. The smallest absolute Gasteiger partial charge is 0.326 e. The number of urea groups is 1. The van der Waals surface area contributed by atoms with Crippen LogP contribution in [0.1, 0.15) is 5.56 Å². The van der Waals surface area contributed by atoms with E-state index in [-0.39, 0.29) is 4.90 Å². The third-order valence-electron chi connectivity index (χ3n) is 3.51. The highest BCUT2D eigenvalue weighted by molar-refractivity contribution is 7.89. The van der Waals surface area contributed by atoms with Crippen LogP contribution in [0.5, 0.6) is 0 Å². The molecule has 2 amide bonds. The fraction of sp³-hybridized carbons (Fsp3) is 0.0625. The van der Waals surface area contributed by atoms with Crippen molar-refractivity contribution in [2.45, 2.75) is 11.8 Å². The number of nitrogens with two attached hydrogens (primary N) is 1. The van der Waals surface area contributed by atoms with Crippen LogP contribution in [0.15, 0.2) is 57.8 Å². The van der Waals surface area contributed by atoms with Gasteiger partial charge in [-0.2, -0.15) is 0 Å². The number of benzene rings is 2. The average Bonchev–Trinajstić information content (AvgIpc) is 2.83. The van der Waals surface area contributed by atoms with Gasteiger partial charge in [-0.3, -0.25) is 5.32 Å². The molecule has 1 aromatic heterocycles. The van der Waals surface area contributed by atoms with E-state index in [1.165, 1.54) is 24.3 Å². The molecule has 2 aromatic carbocycles. The number of furan rings is 1. The summed E-state index contributed by atoms with van der Waals surface area (Å²) >= 11 is 0. The zero-order valence-electron chi connectivity index (χ0n) is 12.7. The van der Waals surface area contributed by atoms with E-state index in [1.54, 1.807) is 0 Å². The number of fused-ring (bicyclic) bond motifs is 1. The predicted molar refractivity (Wildman–Crippen MR) is 91.4 cm³/mol. The molecule has 0 spiro atoms. The van der Waals surface area contributed by atoms with Crippen LogP contribution >= 0.6 is 0 Å². The molecular formula is C16H15N3O4S. The van der Waals surface area contributed by atoms with Crippen LogP contribution in [0.25, 0.3) is 11.0 Å². The van der Waals surface area contributed by atoms with Crippen molar-refractivity contribution in [3.05, 3.63) is 54.1 Å². The molecule has 24 heavy (non-hydrogen) atoms. The Bertz CT molecular complexity index is 1010. The topological polar surface area (TPSA) is 114 Å². The normalized spacial score (nSPS) is 11.4. The molecule has 0 aliphatic heterocycles. The summed E-state index contributed by atoms with van der Waals surface area (Å²) in [6.07, 6.45) is 0. The largest absolute Gasteiger partial charge is 0.440 e. The highest BCUT2D eigenvalue weighted by atomic mass is 32.2. The molecule has 0 radical (unpaired) electrons. The molecule has 0 aliphatic carbocycles. The van der Waals surface area contributed by atoms with E-state index < -0.39 is 16.1 Å². The lowest BCUT2D eigenvalue weighted by atomic mass is 10.2. The van der Waals surface area contributed by atoms with E-state index in [9.17, 15) is 13.2 Å². The molecule has 0 aliphatic rings. The minimum Gasteiger partial charge on any atom is -0.440 e. The highest BCUT2D eigenvalue weighted by Gasteiger charge is 2.13. The third-order valence-corrected chi connectivity index (χ3v) is 4.44. The number of primary sulfonamides is 1. The van der Waals surface area contributed by atoms with Crippen LogP contribution < -0.4 is 15.8 Å². The van der Waals surface area contributed by atoms with Crippen molar-refractivity contribution in [1.82, 2.24) is 0 Å². The minimum absolute atomic E-state index is 0.0263. The second-order valence-corrected chi connectivity index (χ2v) is 6.76. The van der Waals surface area contributed by atoms with Crippen LogP contribution in [-0.2, 0) is 10.0 Å². The van der Waals surface area contributed by atoms with Gasteiger partial charge in [0.15, 0.2) is 0 Å². The first-order valence-electron chi connectivity index (χ1n) is 7.03. The lowest BCUT2D eigenvalue weighted by Crippen LogP contribution is -2.19. The van der Waals surface area contributed by atoms with E-state index in [1.807, 2.05) is 31.2 Å². The molecule has 0 bridgehead atoms. The number of carbonyl (C=O) groups excluding carboxylic acids is 1. The van der Waals surface area contributed by atoms with Gasteiger partial charge < -0.3 is 9.73 Å². The van der Waals surface area contributed by atoms with E-state index in [2.05, 4.69) is 10.6 Å². The van der Waals surface area contributed by atoms with Crippen molar-refractivity contribution in [3.8, 4) is 0 Å². The maximum Gasteiger partial charge on any atom is 0.326 e. The van der Waals surface area contributed by atoms with Crippen molar-refractivity contribution < 1.29 is 17.6 Å². The number of carbonyl (C=O) groups is 1. The molecule has 0 atom stereocenters. The highest BCUT2D eigenvalue weighted by Crippen LogP contribution is 2.28. The van der Waals surface area contributed by atoms with Crippen LogP contribution in [0, 0.1) is 6.92 Å². The quantitative estimate of drug-likeness (QED) is 0.677. The van der Waals surface area contributed by atoms with Crippen LogP contribution in [0.4, 0.5) is 16.4 Å². The molecule has 8 heteroatoms. The summed E-state index contributed by atoms with van der Waals surface area (Å²) < 4.78 is 28.0. The zero-order chi connectivity index (χ0) is 17.3. The van der Waals surface area contributed by atoms with Gasteiger partial charge in [-0.1, -0.05) is 18.2 Å². The molecule has 4 N–H and O–H groups in total. The van der Waals surface area contributed by atoms with Crippen LogP contribution in [0.3, 0.4) is 0 Å². The summed E-state index contributed by atoms with van der Waals surface area (Å²) in [6, 6.07) is 12.5. The van der Waals surface area contributed by atoms with E-state index in [0.717, 1.165) is 10.9 Å². The molecule has 7 nitrogen and oxygen atoms in total. The molecule has 1 heterocycles. The molecule has 0 saturated carbocycles. The van der Waals surface area contributed by atoms with Crippen LogP contribution in [0.2, 0.25) is 0 Å². The van der Waals surface area contributed by atoms with Gasteiger partial charge >= 0.3 is 6.03 Å². The Hall–Kier alpha value is -2.84. The fourth-order valence-corrected chi connectivity index (χ4v) is 2.80. The first kappa shape index (κ1) is 16.0. The molecule has 0 unspecified atom stereocenters. The number of rotatable bonds is 3. The van der Waals surface area contributed by atoms with Gasteiger partial charge in [0.25, 0.3) is 0 Å². The zero-order valence-corrected chi connectivity index (χ0v) is 13.6. The monoisotopic (exact) mass is 345 g/mol. The third kappa shape index (κ3) is 3.24. The summed E-state index contributed by atoms with van der Waals surface area (Å²) in [5, 5.41) is 11.2. The van der Waals surface area contributed by atoms with Crippen molar-refractivity contribution >= 4 is 38.6 Å². The number of aryl methyl sites for hydroxylation is 1. The Morgan fingerprint density at radius 2 is 1.71 bits per heavy atom. The minimum atomic E-state index is -3.76. The molecule has 0 fully saturated rings. The summed E-state index contributed by atoms with van der Waals surface area (Å²) in [5.74, 6) is 0.356. The number of amides is 2. The van der Waals surface area contributed by atoms with Gasteiger partial charge in [0.05, 0.1) is 4.90 Å². The standard InChI is InChI=1S/C16H15N3O4S/c1-10-13-4-2-3-5-14(13)23-15(10)19-16(20)18-11-6-8-12(9-7-11)24(17,21)22/h2-9H,1H3,(H2,17,21,22)(H2,18,19,20). The van der Waals surface area contributed by atoms with Crippen molar-refractivity contribution in [2.75, 3.05) is 10.6 Å². The van der Waals surface area contributed by atoms with E-state index in [0.29, 0.717) is 17.2 Å². The molecular weight excluding hydrogens is 330 g/mol. The maximum absolute atomic E-state index is 12.1. The predicted octanol–water partition coefficient (Wildman–Crippen LogP) is 3.03. The van der Waals surface area contributed by atoms with Crippen LogP contribution in [-0.4, -0.2) is 14.4 Å². The van der Waals surface area contributed by atoms with E-state index in [4.69, 9.17) is 9.56 Å². The number of hydrogen-bond donors (Lipinski definition) is 3. The van der Waals surface area contributed by atoms with Crippen molar-refractivity contribution in [3.63, 3.8) is 0 Å². The summed E-state index contributed by atoms with van der Waals surface area (Å²) in [5.41, 5.74) is 1.93. The maximum atomic E-state index is 12.1. The number of nitrogens with one attached hydrogen (secondary N) is 2. The molecule has 3 rings (SSSR count). The van der Waals surface area contributed by atoms with Gasteiger partial charge in [0.1, 0.15) is 5.58 Å². The Morgan fingerprint density at radius 1 is 1.04 bits per heavy atom. The Morgan fingerprint density at radius 3 is 2.33 bits per heavy atom. The Kier molecular flexibility index (Phi) is 4.00. The first-order valence-corrected chi connectivity index (χ1v) is 8.58. The van der Waals surface area contributed by atoms with Gasteiger partial charge in [0, 0.05) is 16.6 Å². The number of anilines is 2. The Balaban J connectivity index is 1.74. The second-order valence-electron chi connectivity index (χ2n) is 5.20. The second kappa shape index (κ2) is 5.99. The summed E-state index contributed by atoms with van der Waals surface area (Å²) in [6.45, 7) is 1.85. The molecule has 124 valence electrons. The van der Waals surface area contributed by atoms with E-state index >= 15 is 0 Å². The average molecular weight is 345 g/mol. The fourth-order valence-electron chi connectivity index (χ4n) is 2.29. The Labute approximate surface area is 138 Å².